The third-order valence-electron chi connectivity index (χ3n) is 4.92. The number of carbonyl (C=O) groups is 1. The molecule has 0 aromatic heterocycles. The molecule has 0 spiro atoms. The van der Waals surface area contributed by atoms with Gasteiger partial charge in [0.05, 0.1) is 6.54 Å². The summed E-state index contributed by atoms with van der Waals surface area (Å²) in [6.45, 7) is 6.29. The molecule has 26 heavy (non-hydrogen) atoms. The normalized spacial score (nSPS) is 17.0. The molecule has 1 N–H and O–H groups in total. The minimum Gasteiger partial charge on any atom is -0.489 e. The molecule has 1 aliphatic heterocycles. The van der Waals surface area contributed by atoms with Crippen molar-refractivity contribution in [3.8, 4) is 5.75 Å². The van der Waals surface area contributed by atoms with Crippen molar-refractivity contribution in [1.29, 1.82) is 0 Å². The van der Waals surface area contributed by atoms with Crippen molar-refractivity contribution in [3.63, 3.8) is 0 Å². The van der Waals surface area contributed by atoms with E-state index in [1.54, 1.807) is 0 Å². The van der Waals surface area contributed by atoms with Crippen LogP contribution >= 0.6 is 0 Å². The molecule has 0 aliphatic carbocycles. The number of carboxylic acids is 1. The first-order chi connectivity index (χ1) is 12.6. The van der Waals surface area contributed by atoms with E-state index in [0.29, 0.717) is 12.6 Å². The smallest absolute Gasteiger partial charge is 0.317 e. The minimum absolute atomic E-state index is 0.135. The van der Waals surface area contributed by atoms with Crippen LogP contribution in [0.1, 0.15) is 24.1 Å². The molecule has 1 aliphatic rings. The standard InChI is InChI=1S/C21H26N2O3/c1-17(23-13-11-22(12-14-23)15-21(24)25)19-7-9-20(10-8-19)26-16-18-5-3-2-4-6-18/h2-10,17H,11-16H2,1H3,(H,24,25). The van der Waals surface area contributed by atoms with Gasteiger partial charge in [-0.1, -0.05) is 42.5 Å². The number of aliphatic carboxylic acids is 1. The molecule has 1 atom stereocenters. The van der Waals surface area contributed by atoms with Gasteiger partial charge >= 0.3 is 5.97 Å². The number of carboxylic acid groups (broad SMARTS) is 1. The van der Waals surface area contributed by atoms with Crippen LogP contribution in [0.2, 0.25) is 0 Å². The van der Waals surface area contributed by atoms with Crippen molar-refractivity contribution < 1.29 is 14.6 Å². The lowest BCUT2D eigenvalue weighted by atomic mass is 10.1. The highest BCUT2D eigenvalue weighted by atomic mass is 16.5. The molecule has 1 heterocycles. The molecule has 2 aromatic carbocycles. The van der Waals surface area contributed by atoms with Gasteiger partial charge in [-0.3, -0.25) is 14.6 Å². The Morgan fingerprint density at radius 1 is 1.04 bits per heavy atom. The van der Waals surface area contributed by atoms with Gasteiger partial charge in [0.1, 0.15) is 12.4 Å². The molecule has 138 valence electrons. The van der Waals surface area contributed by atoms with Crippen molar-refractivity contribution in [2.24, 2.45) is 0 Å². The van der Waals surface area contributed by atoms with Crippen LogP contribution in [-0.4, -0.2) is 53.6 Å². The summed E-state index contributed by atoms with van der Waals surface area (Å²) >= 11 is 0. The third-order valence-corrected chi connectivity index (χ3v) is 4.92. The monoisotopic (exact) mass is 354 g/mol. The second-order valence-electron chi connectivity index (χ2n) is 6.73. The van der Waals surface area contributed by atoms with Gasteiger partial charge in [0.2, 0.25) is 0 Å². The van der Waals surface area contributed by atoms with Crippen LogP contribution in [0, 0.1) is 0 Å². The van der Waals surface area contributed by atoms with Crippen LogP contribution in [0.4, 0.5) is 0 Å². The van der Waals surface area contributed by atoms with E-state index in [9.17, 15) is 4.79 Å². The Morgan fingerprint density at radius 3 is 2.31 bits per heavy atom. The van der Waals surface area contributed by atoms with Gasteiger partial charge in [-0.25, -0.2) is 0 Å². The fraction of sp³-hybridized carbons (Fsp3) is 0.381. The van der Waals surface area contributed by atoms with Crippen molar-refractivity contribution in [1.82, 2.24) is 9.80 Å². The molecule has 1 fully saturated rings. The average Bonchev–Trinajstić information content (AvgIpc) is 2.67. The van der Waals surface area contributed by atoms with Crippen LogP contribution < -0.4 is 4.74 Å². The summed E-state index contributed by atoms with van der Waals surface area (Å²) in [5.41, 5.74) is 2.41. The van der Waals surface area contributed by atoms with E-state index in [1.807, 2.05) is 35.2 Å². The first kappa shape index (κ1) is 18.4. The zero-order valence-electron chi connectivity index (χ0n) is 15.2. The van der Waals surface area contributed by atoms with E-state index in [-0.39, 0.29) is 6.54 Å². The zero-order chi connectivity index (χ0) is 18.4. The number of benzene rings is 2. The quantitative estimate of drug-likeness (QED) is 0.828. The molecule has 0 bridgehead atoms. The molecule has 3 rings (SSSR count). The first-order valence-corrected chi connectivity index (χ1v) is 9.07. The topological polar surface area (TPSA) is 53.0 Å². The van der Waals surface area contributed by atoms with Crippen LogP contribution in [0.25, 0.3) is 0 Å². The lowest BCUT2D eigenvalue weighted by Crippen LogP contribution is -2.48. The van der Waals surface area contributed by atoms with Crippen molar-refractivity contribution in [2.75, 3.05) is 32.7 Å². The molecule has 2 aromatic rings. The third kappa shape index (κ3) is 5.07. The lowest BCUT2D eigenvalue weighted by Gasteiger charge is -2.37. The number of hydrogen-bond donors (Lipinski definition) is 1. The summed E-state index contributed by atoms with van der Waals surface area (Å²) in [7, 11) is 0. The largest absolute Gasteiger partial charge is 0.489 e. The van der Waals surface area contributed by atoms with Gasteiger partial charge in [-0.05, 0) is 30.2 Å². The summed E-state index contributed by atoms with van der Waals surface area (Å²) in [6, 6.07) is 18.7. The van der Waals surface area contributed by atoms with Gasteiger partial charge in [-0.2, -0.15) is 0 Å². The fourth-order valence-electron chi connectivity index (χ4n) is 3.29. The lowest BCUT2D eigenvalue weighted by molar-refractivity contribution is -0.138. The fourth-order valence-corrected chi connectivity index (χ4v) is 3.29. The predicted molar refractivity (Wildman–Crippen MR) is 101 cm³/mol. The Hall–Kier alpha value is -2.37. The predicted octanol–water partition coefficient (Wildman–Crippen LogP) is 3.03. The molecular formula is C21H26N2O3. The Kier molecular flexibility index (Phi) is 6.26. The van der Waals surface area contributed by atoms with E-state index in [4.69, 9.17) is 9.84 Å². The Bertz CT molecular complexity index is 695. The minimum atomic E-state index is -0.752. The Balaban J connectivity index is 1.51. The highest BCUT2D eigenvalue weighted by Crippen LogP contribution is 2.24. The second kappa shape index (κ2) is 8.83. The summed E-state index contributed by atoms with van der Waals surface area (Å²) in [5.74, 6) is 0.119. The van der Waals surface area contributed by atoms with Crippen LogP contribution in [0.5, 0.6) is 5.75 Å². The van der Waals surface area contributed by atoms with Crippen molar-refractivity contribution in [2.45, 2.75) is 19.6 Å². The molecule has 0 radical (unpaired) electrons. The van der Waals surface area contributed by atoms with E-state index in [2.05, 4.69) is 36.1 Å². The molecule has 0 saturated carbocycles. The van der Waals surface area contributed by atoms with Gasteiger partial charge < -0.3 is 9.84 Å². The summed E-state index contributed by atoms with van der Waals surface area (Å²) in [6.07, 6.45) is 0. The number of hydrogen-bond acceptors (Lipinski definition) is 4. The average molecular weight is 354 g/mol. The van der Waals surface area contributed by atoms with Gasteiger partial charge in [0.25, 0.3) is 0 Å². The molecular weight excluding hydrogens is 328 g/mol. The maximum atomic E-state index is 10.8. The maximum absolute atomic E-state index is 10.8. The number of piperazine rings is 1. The highest BCUT2D eigenvalue weighted by molar-refractivity contribution is 5.69. The van der Waals surface area contributed by atoms with E-state index in [0.717, 1.165) is 37.5 Å². The molecule has 0 amide bonds. The SMILES string of the molecule is CC(c1ccc(OCc2ccccc2)cc1)N1CCN(CC(=O)O)CC1. The highest BCUT2D eigenvalue weighted by Gasteiger charge is 2.23. The molecule has 5 heteroatoms. The van der Waals surface area contributed by atoms with E-state index in [1.165, 1.54) is 5.56 Å². The number of rotatable bonds is 7. The van der Waals surface area contributed by atoms with Crippen LogP contribution in [-0.2, 0) is 11.4 Å². The van der Waals surface area contributed by atoms with Crippen molar-refractivity contribution >= 4 is 5.97 Å². The second-order valence-corrected chi connectivity index (χ2v) is 6.73. The number of ether oxygens (including phenoxy) is 1. The van der Waals surface area contributed by atoms with E-state index < -0.39 is 5.97 Å². The molecule has 1 saturated heterocycles. The van der Waals surface area contributed by atoms with Gasteiger partial charge in [0.15, 0.2) is 0 Å². The summed E-state index contributed by atoms with van der Waals surface area (Å²) < 4.78 is 5.85. The van der Waals surface area contributed by atoms with Crippen molar-refractivity contribution in [3.05, 3.63) is 65.7 Å². The molecule has 5 nitrogen and oxygen atoms in total. The van der Waals surface area contributed by atoms with Crippen LogP contribution in [0.15, 0.2) is 54.6 Å². The summed E-state index contributed by atoms with van der Waals surface area (Å²) in [5, 5.41) is 8.89. The molecule has 1 unspecified atom stereocenters. The number of nitrogens with zero attached hydrogens (tertiary/aromatic N) is 2. The van der Waals surface area contributed by atoms with Crippen LogP contribution in [0.3, 0.4) is 0 Å². The summed E-state index contributed by atoms with van der Waals surface area (Å²) in [4.78, 5) is 15.2. The Morgan fingerprint density at radius 2 is 1.69 bits per heavy atom. The Labute approximate surface area is 154 Å². The first-order valence-electron chi connectivity index (χ1n) is 9.07. The van der Waals surface area contributed by atoms with Gasteiger partial charge in [-0.15, -0.1) is 0 Å². The maximum Gasteiger partial charge on any atom is 0.317 e. The zero-order valence-corrected chi connectivity index (χ0v) is 15.2. The van der Waals surface area contributed by atoms with Gasteiger partial charge in [0, 0.05) is 32.2 Å². The van der Waals surface area contributed by atoms with E-state index >= 15 is 0 Å².